The number of rotatable bonds is 2. The summed E-state index contributed by atoms with van der Waals surface area (Å²) < 4.78 is 0. The molecule has 0 saturated carbocycles. The third-order valence-electron chi connectivity index (χ3n) is 3.02. The summed E-state index contributed by atoms with van der Waals surface area (Å²) in [5.41, 5.74) is 2.30. The van der Waals surface area contributed by atoms with Crippen LogP contribution in [0.25, 0.3) is 0 Å². The van der Waals surface area contributed by atoms with Crippen molar-refractivity contribution >= 4 is 0 Å². The average Bonchev–Trinajstić information content (AvgIpc) is 2.31. The molecule has 4 heteroatoms. The molecule has 0 radical (unpaired) electrons. The molecule has 2 rings (SSSR count). The maximum atomic E-state index is 11.1. The van der Waals surface area contributed by atoms with E-state index in [4.69, 9.17) is 0 Å². The minimum Gasteiger partial charge on any atom is -0.872 e. The SMILES string of the molecule is CC(C)(c1cc[c-]cc1)c1ccc([O-])cc1.[Na+].[Na+].[OH-]. The second-order valence-electron chi connectivity index (χ2n) is 4.44. The minimum absolute atomic E-state index is 0. The van der Waals surface area contributed by atoms with Gasteiger partial charge in [-0.15, -0.1) is 11.3 Å². The first-order valence-electron chi connectivity index (χ1n) is 5.35. The van der Waals surface area contributed by atoms with Crippen molar-refractivity contribution in [1.29, 1.82) is 0 Å². The average molecular weight is 273 g/mol. The van der Waals surface area contributed by atoms with Crippen LogP contribution in [0.1, 0.15) is 25.0 Å². The molecule has 0 fully saturated rings. The van der Waals surface area contributed by atoms with Gasteiger partial charge in [0.05, 0.1) is 0 Å². The Morgan fingerprint density at radius 3 is 1.74 bits per heavy atom. The molecule has 0 atom stereocenters. The molecule has 2 aromatic rings. The first-order valence-corrected chi connectivity index (χ1v) is 5.35. The quantitative estimate of drug-likeness (QED) is 0.425. The molecule has 0 aromatic heterocycles. The molecule has 0 aliphatic heterocycles. The summed E-state index contributed by atoms with van der Waals surface area (Å²) in [6.07, 6.45) is 0. The zero-order valence-electron chi connectivity index (χ0n) is 12.0. The first-order chi connectivity index (χ1) is 7.60. The Kier molecular flexibility index (Phi) is 10.4. The molecular formula is C15H15Na2O2-. The van der Waals surface area contributed by atoms with E-state index in [0.717, 1.165) is 5.56 Å². The van der Waals surface area contributed by atoms with Crippen molar-refractivity contribution in [2.45, 2.75) is 19.3 Å². The first kappa shape index (κ1) is 21.5. The van der Waals surface area contributed by atoms with Crippen molar-refractivity contribution in [3.63, 3.8) is 0 Å². The fourth-order valence-corrected chi connectivity index (χ4v) is 1.84. The molecule has 2 nitrogen and oxygen atoms in total. The summed E-state index contributed by atoms with van der Waals surface area (Å²) >= 11 is 0. The van der Waals surface area contributed by atoms with E-state index in [1.807, 2.05) is 24.3 Å². The molecule has 0 unspecified atom stereocenters. The predicted molar refractivity (Wildman–Crippen MR) is 65.2 cm³/mol. The van der Waals surface area contributed by atoms with Gasteiger partial charge in [0.1, 0.15) is 0 Å². The van der Waals surface area contributed by atoms with Gasteiger partial charge in [-0.25, -0.2) is 0 Å². The maximum Gasteiger partial charge on any atom is 1.00 e. The molecule has 1 N–H and O–H groups in total. The molecule has 0 heterocycles. The summed E-state index contributed by atoms with van der Waals surface area (Å²) in [5.74, 6) is 0.0564. The van der Waals surface area contributed by atoms with Crippen LogP contribution in [0.15, 0.2) is 48.5 Å². The molecular weight excluding hydrogens is 258 g/mol. The van der Waals surface area contributed by atoms with E-state index in [-0.39, 0.29) is 75.8 Å². The van der Waals surface area contributed by atoms with Crippen LogP contribution in [0.2, 0.25) is 0 Å². The van der Waals surface area contributed by atoms with Crippen LogP contribution >= 0.6 is 0 Å². The second kappa shape index (κ2) is 9.19. The molecule has 90 valence electrons. The summed E-state index contributed by atoms with van der Waals surface area (Å²) in [7, 11) is 0. The van der Waals surface area contributed by atoms with Gasteiger partial charge in [0, 0.05) is 0 Å². The topological polar surface area (TPSA) is 53.1 Å². The fraction of sp³-hybridized carbons (Fsp3) is 0.200. The molecule has 0 bridgehead atoms. The van der Waals surface area contributed by atoms with Crippen LogP contribution in [0.4, 0.5) is 0 Å². The van der Waals surface area contributed by atoms with Crippen molar-refractivity contribution < 1.29 is 69.7 Å². The Labute approximate surface area is 159 Å². The van der Waals surface area contributed by atoms with E-state index in [1.54, 1.807) is 12.1 Å². The molecule has 0 amide bonds. The maximum absolute atomic E-state index is 11.1. The summed E-state index contributed by atoms with van der Waals surface area (Å²) in [6.45, 7) is 4.31. The van der Waals surface area contributed by atoms with E-state index in [2.05, 4.69) is 32.0 Å². The van der Waals surface area contributed by atoms with Crippen molar-refractivity contribution in [2.24, 2.45) is 0 Å². The van der Waals surface area contributed by atoms with Crippen molar-refractivity contribution in [1.82, 2.24) is 0 Å². The van der Waals surface area contributed by atoms with Gasteiger partial charge in [0.15, 0.2) is 0 Å². The van der Waals surface area contributed by atoms with Crippen LogP contribution in [0, 0.1) is 6.07 Å². The Balaban J connectivity index is 0. The van der Waals surface area contributed by atoms with Crippen LogP contribution in [-0.2, 0) is 5.41 Å². The van der Waals surface area contributed by atoms with Gasteiger partial charge in [-0.05, 0) is 11.0 Å². The summed E-state index contributed by atoms with van der Waals surface area (Å²) in [5, 5.41) is 11.1. The second-order valence-corrected chi connectivity index (χ2v) is 4.44. The van der Waals surface area contributed by atoms with Gasteiger partial charge in [-0.1, -0.05) is 38.1 Å². The van der Waals surface area contributed by atoms with Crippen LogP contribution in [0.5, 0.6) is 5.75 Å². The van der Waals surface area contributed by atoms with Gasteiger partial charge in [-0.2, -0.15) is 30.3 Å². The Morgan fingerprint density at radius 1 is 0.842 bits per heavy atom. The largest absolute Gasteiger partial charge is 1.00 e. The van der Waals surface area contributed by atoms with Crippen molar-refractivity contribution in [3.05, 3.63) is 65.7 Å². The van der Waals surface area contributed by atoms with E-state index < -0.39 is 0 Å². The molecule has 0 aliphatic carbocycles. The monoisotopic (exact) mass is 273 g/mol. The summed E-state index contributed by atoms with van der Waals surface area (Å²) in [6, 6.07) is 18.0. The van der Waals surface area contributed by atoms with Crippen LogP contribution < -0.4 is 64.2 Å². The van der Waals surface area contributed by atoms with E-state index in [1.165, 1.54) is 5.56 Å². The van der Waals surface area contributed by atoms with Gasteiger partial charge >= 0.3 is 59.1 Å². The van der Waals surface area contributed by atoms with E-state index >= 15 is 0 Å². The van der Waals surface area contributed by atoms with Crippen LogP contribution in [0.3, 0.4) is 0 Å². The zero-order valence-corrected chi connectivity index (χ0v) is 16.0. The molecule has 2 aromatic carbocycles. The number of hydrogen-bond acceptors (Lipinski definition) is 2. The van der Waals surface area contributed by atoms with Gasteiger partial charge in [0.25, 0.3) is 0 Å². The van der Waals surface area contributed by atoms with Crippen molar-refractivity contribution in [3.8, 4) is 5.75 Å². The third kappa shape index (κ3) is 5.24. The Morgan fingerprint density at radius 2 is 1.26 bits per heavy atom. The normalized spacial score (nSPS) is 9.58. The van der Waals surface area contributed by atoms with E-state index in [0.29, 0.717) is 0 Å². The smallest absolute Gasteiger partial charge is 0.872 e. The predicted octanol–water partition coefficient (Wildman–Crippen LogP) is -3.28. The third-order valence-corrected chi connectivity index (χ3v) is 3.02. The molecule has 0 spiro atoms. The van der Waals surface area contributed by atoms with Gasteiger partial charge < -0.3 is 10.6 Å². The van der Waals surface area contributed by atoms with E-state index in [9.17, 15) is 5.11 Å². The van der Waals surface area contributed by atoms with Crippen LogP contribution in [-0.4, -0.2) is 5.48 Å². The zero-order chi connectivity index (χ0) is 11.6. The van der Waals surface area contributed by atoms with Gasteiger partial charge in [0.2, 0.25) is 0 Å². The summed E-state index contributed by atoms with van der Waals surface area (Å²) in [4.78, 5) is 0. The Hall–Kier alpha value is 0.200. The molecule has 0 aliphatic rings. The number of hydrogen-bond donors (Lipinski definition) is 0. The molecule has 0 saturated heterocycles. The molecule has 19 heavy (non-hydrogen) atoms. The minimum atomic E-state index is -0.0806. The standard InChI is InChI=1S/C15H15O.2Na.H2O/c1-15(2,12-6-4-3-5-7-12)13-8-10-14(16)11-9-13;;;/h4-11,16H,1-2H3;;;1H2/q-1;2*+1;/p-2. The van der Waals surface area contributed by atoms with Gasteiger partial charge in [-0.3, -0.25) is 0 Å². The Bertz CT molecular complexity index is 467. The number of benzene rings is 2. The fourth-order valence-electron chi connectivity index (χ4n) is 1.84. The van der Waals surface area contributed by atoms with Crippen molar-refractivity contribution in [2.75, 3.05) is 0 Å².